The van der Waals surface area contributed by atoms with E-state index >= 15 is 0 Å². The highest BCUT2D eigenvalue weighted by Crippen LogP contribution is 2.23. The highest BCUT2D eigenvalue weighted by Gasteiger charge is 2.20. The fourth-order valence-corrected chi connectivity index (χ4v) is 2.30. The Morgan fingerprint density at radius 1 is 1.44 bits per heavy atom. The maximum atomic E-state index is 12.0. The second kappa shape index (κ2) is 6.98. The molecule has 1 aromatic carbocycles. The molecule has 5 heteroatoms. The average molecular weight is 289 g/mol. The van der Waals surface area contributed by atoms with Crippen LogP contribution in [0.5, 0.6) is 0 Å². The number of anilines is 1. The molecule has 1 unspecified atom stereocenters. The lowest BCUT2D eigenvalue weighted by atomic mass is 10.0. The van der Waals surface area contributed by atoms with Crippen molar-refractivity contribution in [2.45, 2.75) is 32.2 Å². The highest BCUT2D eigenvalue weighted by atomic mass is 35.5. The molecule has 0 bridgehead atoms. The number of rotatable bonds is 2. The largest absolute Gasteiger partial charge is 0.323 e. The van der Waals surface area contributed by atoms with Gasteiger partial charge in [0.1, 0.15) is 0 Å². The van der Waals surface area contributed by atoms with Crippen LogP contribution in [-0.4, -0.2) is 18.5 Å². The zero-order valence-electron chi connectivity index (χ0n) is 10.3. The predicted molar refractivity (Wildman–Crippen MR) is 77.7 cm³/mol. The van der Waals surface area contributed by atoms with Gasteiger partial charge in [-0.15, -0.1) is 12.4 Å². The summed E-state index contributed by atoms with van der Waals surface area (Å²) in [5, 5.41) is 6.68. The number of carbonyl (C=O) groups is 1. The minimum atomic E-state index is -0.0823. The number of nitrogens with one attached hydrogen (secondary N) is 2. The van der Waals surface area contributed by atoms with E-state index in [-0.39, 0.29) is 24.4 Å². The first-order valence-electron chi connectivity index (χ1n) is 5.97. The summed E-state index contributed by atoms with van der Waals surface area (Å²) in [6.07, 6.45) is 3.15. The lowest BCUT2D eigenvalue weighted by Crippen LogP contribution is -2.43. The van der Waals surface area contributed by atoms with Gasteiger partial charge in [0, 0.05) is 0 Å². The molecule has 100 valence electrons. The maximum absolute atomic E-state index is 12.0. The summed E-state index contributed by atoms with van der Waals surface area (Å²) in [5.41, 5.74) is 1.78. The first kappa shape index (κ1) is 15.3. The Kier molecular flexibility index (Phi) is 5.93. The van der Waals surface area contributed by atoms with E-state index in [1.165, 1.54) is 0 Å². The van der Waals surface area contributed by atoms with Gasteiger partial charge in [0.25, 0.3) is 0 Å². The third kappa shape index (κ3) is 3.87. The highest BCUT2D eigenvalue weighted by molar-refractivity contribution is 6.33. The third-order valence-electron chi connectivity index (χ3n) is 3.01. The Hall–Kier alpha value is -0.770. The summed E-state index contributed by atoms with van der Waals surface area (Å²) in [4.78, 5) is 12.0. The van der Waals surface area contributed by atoms with Crippen LogP contribution in [-0.2, 0) is 4.79 Å². The SMILES string of the molecule is Cc1ccc(NC(=O)C2CCCCN2)c(Cl)c1.Cl. The lowest BCUT2D eigenvalue weighted by Gasteiger charge is -2.22. The van der Waals surface area contributed by atoms with Crippen LogP contribution < -0.4 is 10.6 Å². The van der Waals surface area contributed by atoms with Crippen molar-refractivity contribution in [2.75, 3.05) is 11.9 Å². The number of amides is 1. The number of carbonyl (C=O) groups excluding carboxylic acids is 1. The first-order valence-corrected chi connectivity index (χ1v) is 6.35. The monoisotopic (exact) mass is 288 g/mol. The lowest BCUT2D eigenvalue weighted by molar-refractivity contribution is -0.118. The van der Waals surface area contributed by atoms with Crippen LogP contribution in [0.1, 0.15) is 24.8 Å². The molecular formula is C13H18Cl2N2O. The molecule has 1 fully saturated rings. The summed E-state index contributed by atoms with van der Waals surface area (Å²) in [6, 6.07) is 5.56. The summed E-state index contributed by atoms with van der Waals surface area (Å²) in [6.45, 7) is 2.89. The molecule has 18 heavy (non-hydrogen) atoms. The molecule has 1 heterocycles. The molecule has 1 aromatic rings. The summed E-state index contributed by atoms with van der Waals surface area (Å²) >= 11 is 6.08. The van der Waals surface area contributed by atoms with Crippen LogP contribution in [0.2, 0.25) is 5.02 Å². The van der Waals surface area contributed by atoms with Crippen molar-refractivity contribution < 1.29 is 4.79 Å². The van der Waals surface area contributed by atoms with Crippen molar-refractivity contribution in [1.29, 1.82) is 0 Å². The van der Waals surface area contributed by atoms with E-state index in [1.54, 1.807) is 0 Å². The minimum absolute atomic E-state index is 0. The van der Waals surface area contributed by atoms with E-state index < -0.39 is 0 Å². The molecule has 2 N–H and O–H groups in total. The number of piperidine rings is 1. The van der Waals surface area contributed by atoms with E-state index in [9.17, 15) is 4.79 Å². The van der Waals surface area contributed by atoms with Crippen LogP contribution in [0.15, 0.2) is 18.2 Å². The fourth-order valence-electron chi connectivity index (χ4n) is 2.02. The van der Waals surface area contributed by atoms with Crippen LogP contribution >= 0.6 is 24.0 Å². The second-order valence-electron chi connectivity index (χ2n) is 4.48. The predicted octanol–water partition coefficient (Wildman–Crippen LogP) is 3.15. The van der Waals surface area contributed by atoms with Gasteiger partial charge in [-0.2, -0.15) is 0 Å². The Morgan fingerprint density at radius 2 is 2.22 bits per heavy atom. The number of halogens is 2. The van der Waals surface area contributed by atoms with Crippen molar-refractivity contribution in [3.63, 3.8) is 0 Å². The Labute approximate surface area is 119 Å². The van der Waals surface area contributed by atoms with Gasteiger partial charge in [-0.25, -0.2) is 0 Å². The van der Waals surface area contributed by atoms with Crippen LogP contribution in [0.25, 0.3) is 0 Å². The van der Waals surface area contributed by atoms with Gasteiger partial charge in [-0.1, -0.05) is 24.1 Å². The molecule has 0 aliphatic carbocycles. The molecule has 0 saturated carbocycles. The summed E-state index contributed by atoms with van der Waals surface area (Å²) in [5.74, 6) is 0.00968. The standard InChI is InChI=1S/C13H17ClN2O.ClH/c1-9-5-6-11(10(14)8-9)16-13(17)12-4-2-3-7-15-12;/h5-6,8,12,15H,2-4,7H2,1H3,(H,16,17);1H. The van der Waals surface area contributed by atoms with Crippen LogP contribution in [0, 0.1) is 6.92 Å². The zero-order chi connectivity index (χ0) is 12.3. The Bertz CT molecular complexity index is 417. The third-order valence-corrected chi connectivity index (χ3v) is 3.32. The second-order valence-corrected chi connectivity index (χ2v) is 4.88. The van der Waals surface area contributed by atoms with Crippen molar-refractivity contribution in [1.82, 2.24) is 5.32 Å². The van der Waals surface area contributed by atoms with E-state index in [4.69, 9.17) is 11.6 Å². The topological polar surface area (TPSA) is 41.1 Å². The van der Waals surface area contributed by atoms with Gasteiger partial charge < -0.3 is 10.6 Å². The molecule has 3 nitrogen and oxygen atoms in total. The first-order chi connectivity index (χ1) is 8.16. The van der Waals surface area contributed by atoms with Gasteiger partial charge in [-0.3, -0.25) is 4.79 Å². The molecule has 0 aromatic heterocycles. The van der Waals surface area contributed by atoms with Gasteiger partial charge in [0.15, 0.2) is 0 Å². The molecule has 1 amide bonds. The van der Waals surface area contributed by atoms with Crippen molar-refractivity contribution >= 4 is 35.6 Å². The molecule has 1 saturated heterocycles. The molecular weight excluding hydrogens is 271 g/mol. The van der Waals surface area contributed by atoms with E-state index in [1.807, 2.05) is 25.1 Å². The Morgan fingerprint density at radius 3 is 2.83 bits per heavy atom. The number of benzene rings is 1. The smallest absolute Gasteiger partial charge is 0.241 e. The van der Waals surface area contributed by atoms with Crippen molar-refractivity contribution in [3.8, 4) is 0 Å². The number of hydrogen-bond acceptors (Lipinski definition) is 2. The quantitative estimate of drug-likeness (QED) is 0.878. The number of aryl methyl sites for hydroxylation is 1. The molecule has 0 spiro atoms. The summed E-state index contributed by atoms with van der Waals surface area (Å²) in [7, 11) is 0. The molecule has 2 rings (SSSR count). The Balaban J connectivity index is 0.00000162. The molecule has 0 radical (unpaired) electrons. The van der Waals surface area contributed by atoms with Gasteiger partial charge in [-0.05, 0) is 44.0 Å². The van der Waals surface area contributed by atoms with Crippen LogP contribution in [0.4, 0.5) is 5.69 Å². The van der Waals surface area contributed by atoms with E-state index in [0.717, 1.165) is 31.4 Å². The van der Waals surface area contributed by atoms with Gasteiger partial charge in [0.2, 0.25) is 5.91 Å². The van der Waals surface area contributed by atoms with E-state index in [2.05, 4.69) is 10.6 Å². The molecule has 1 atom stereocenters. The molecule has 1 aliphatic heterocycles. The van der Waals surface area contributed by atoms with Gasteiger partial charge >= 0.3 is 0 Å². The minimum Gasteiger partial charge on any atom is -0.323 e. The number of hydrogen-bond donors (Lipinski definition) is 2. The zero-order valence-corrected chi connectivity index (χ0v) is 11.9. The average Bonchev–Trinajstić information content (AvgIpc) is 2.34. The fraction of sp³-hybridized carbons (Fsp3) is 0.462. The van der Waals surface area contributed by atoms with E-state index in [0.29, 0.717) is 10.7 Å². The van der Waals surface area contributed by atoms with Crippen molar-refractivity contribution in [2.24, 2.45) is 0 Å². The summed E-state index contributed by atoms with van der Waals surface area (Å²) < 4.78 is 0. The molecule has 1 aliphatic rings. The van der Waals surface area contributed by atoms with Crippen LogP contribution in [0.3, 0.4) is 0 Å². The van der Waals surface area contributed by atoms with Crippen molar-refractivity contribution in [3.05, 3.63) is 28.8 Å². The van der Waals surface area contributed by atoms with Gasteiger partial charge in [0.05, 0.1) is 16.8 Å². The maximum Gasteiger partial charge on any atom is 0.241 e. The normalized spacial score (nSPS) is 18.9.